The van der Waals surface area contributed by atoms with Crippen molar-refractivity contribution in [1.82, 2.24) is 10.1 Å². The number of hydrogen-bond donors (Lipinski definition) is 0. The maximum Gasteiger partial charge on any atom is 0.417 e. The predicted octanol–water partition coefficient (Wildman–Crippen LogP) is 6.12. The van der Waals surface area contributed by atoms with Crippen molar-refractivity contribution < 1.29 is 17.7 Å². The second-order valence-corrected chi connectivity index (χ2v) is 8.80. The minimum Gasteiger partial charge on any atom is -0.369 e. The molecule has 0 saturated carbocycles. The van der Waals surface area contributed by atoms with Gasteiger partial charge in [0.05, 0.1) is 5.56 Å². The van der Waals surface area contributed by atoms with E-state index in [-0.39, 0.29) is 11.3 Å². The Morgan fingerprint density at radius 3 is 2.42 bits per heavy atom. The monoisotopic (exact) mass is 457 g/mol. The van der Waals surface area contributed by atoms with E-state index in [1.165, 1.54) is 28.9 Å². The molecule has 7 heteroatoms. The lowest BCUT2D eigenvalue weighted by Crippen LogP contribution is -2.46. The molecule has 0 unspecified atom stereocenters. The Morgan fingerprint density at radius 1 is 0.939 bits per heavy atom. The highest BCUT2D eigenvalue weighted by Gasteiger charge is 2.34. The maximum atomic E-state index is 13.3. The topological polar surface area (TPSA) is 32.5 Å². The number of nitrogens with zero attached hydrogens (tertiary/aromatic N) is 3. The third-order valence-corrected chi connectivity index (χ3v) is 6.28. The zero-order valence-corrected chi connectivity index (χ0v) is 19.2. The molecule has 0 bridgehead atoms. The SMILES string of the molecule is Cc1ccc(N2CCN(CCCCc3cc(-c4ccccc4C(F)(F)F)no3)CC2)c(C)c1. The van der Waals surface area contributed by atoms with Crippen LogP contribution in [0.5, 0.6) is 0 Å². The molecule has 33 heavy (non-hydrogen) atoms. The normalized spacial score (nSPS) is 15.2. The molecule has 0 atom stereocenters. The summed E-state index contributed by atoms with van der Waals surface area (Å²) in [5.74, 6) is 0.627. The molecule has 1 aliphatic rings. The van der Waals surface area contributed by atoms with Crippen LogP contribution >= 0.6 is 0 Å². The number of anilines is 1. The molecular formula is C26H30F3N3O. The second kappa shape index (κ2) is 10.00. The predicted molar refractivity (Wildman–Crippen MR) is 124 cm³/mol. The number of hydrogen-bond acceptors (Lipinski definition) is 4. The molecule has 1 aliphatic heterocycles. The third kappa shape index (κ3) is 5.77. The van der Waals surface area contributed by atoms with E-state index in [0.29, 0.717) is 12.2 Å². The van der Waals surface area contributed by atoms with E-state index in [9.17, 15) is 13.2 Å². The Morgan fingerprint density at radius 2 is 1.70 bits per heavy atom. The van der Waals surface area contributed by atoms with Gasteiger partial charge in [0.25, 0.3) is 0 Å². The van der Waals surface area contributed by atoms with Crippen molar-refractivity contribution in [2.75, 3.05) is 37.6 Å². The average molecular weight is 458 g/mol. The summed E-state index contributed by atoms with van der Waals surface area (Å²) in [6.45, 7) is 9.42. The summed E-state index contributed by atoms with van der Waals surface area (Å²) in [5.41, 5.74) is 3.55. The minimum absolute atomic E-state index is 0.0571. The lowest BCUT2D eigenvalue weighted by atomic mass is 10.0. The van der Waals surface area contributed by atoms with Crippen LogP contribution in [0.25, 0.3) is 11.3 Å². The molecular weight excluding hydrogens is 427 g/mol. The summed E-state index contributed by atoms with van der Waals surface area (Å²) in [5, 5.41) is 3.89. The Kier molecular flexibility index (Phi) is 7.08. The highest BCUT2D eigenvalue weighted by molar-refractivity contribution is 5.64. The first-order chi connectivity index (χ1) is 15.8. The highest BCUT2D eigenvalue weighted by atomic mass is 19.4. The van der Waals surface area contributed by atoms with Gasteiger partial charge < -0.3 is 9.42 Å². The number of aryl methyl sites for hydroxylation is 3. The molecule has 0 N–H and O–H groups in total. The van der Waals surface area contributed by atoms with Crippen LogP contribution in [-0.2, 0) is 12.6 Å². The molecule has 4 nitrogen and oxygen atoms in total. The van der Waals surface area contributed by atoms with Crippen LogP contribution in [-0.4, -0.2) is 42.8 Å². The zero-order chi connectivity index (χ0) is 23.4. The Hall–Kier alpha value is -2.80. The van der Waals surface area contributed by atoms with Crippen LogP contribution in [0, 0.1) is 13.8 Å². The molecule has 176 valence electrons. The van der Waals surface area contributed by atoms with Gasteiger partial charge in [0.15, 0.2) is 0 Å². The number of piperazine rings is 1. The van der Waals surface area contributed by atoms with E-state index in [1.54, 1.807) is 12.1 Å². The third-order valence-electron chi connectivity index (χ3n) is 6.28. The number of alkyl halides is 3. The van der Waals surface area contributed by atoms with Crippen LogP contribution in [0.1, 0.15) is 35.3 Å². The molecule has 4 rings (SSSR count). The zero-order valence-electron chi connectivity index (χ0n) is 19.2. The summed E-state index contributed by atoms with van der Waals surface area (Å²) in [6.07, 6.45) is -1.83. The van der Waals surface area contributed by atoms with Gasteiger partial charge in [-0.15, -0.1) is 0 Å². The van der Waals surface area contributed by atoms with Crippen LogP contribution in [0.3, 0.4) is 0 Å². The maximum absolute atomic E-state index is 13.3. The minimum atomic E-state index is -4.42. The van der Waals surface area contributed by atoms with E-state index >= 15 is 0 Å². The first-order valence-corrected chi connectivity index (χ1v) is 11.5. The van der Waals surface area contributed by atoms with Crippen LogP contribution in [0.2, 0.25) is 0 Å². The lowest BCUT2D eigenvalue weighted by Gasteiger charge is -2.37. The Bertz CT molecular complexity index is 1070. The van der Waals surface area contributed by atoms with Crippen LogP contribution < -0.4 is 4.90 Å². The van der Waals surface area contributed by atoms with Crippen molar-refractivity contribution in [3.05, 3.63) is 71.0 Å². The lowest BCUT2D eigenvalue weighted by molar-refractivity contribution is -0.137. The van der Waals surface area contributed by atoms with E-state index < -0.39 is 11.7 Å². The molecule has 1 saturated heterocycles. The van der Waals surface area contributed by atoms with Gasteiger partial charge in [-0.05, 0) is 50.9 Å². The van der Waals surface area contributed by atoms with Crippen LogP contribution in [0.15, 0.2) is 53.1 Å². The van der Waals surface area contributed by atoms with Crippen LogP contribution in [0.4, 0.5) is 18.9 Å². The van der Waals surface area contributed by atoms with E-state index in [1.807, 2.05) is 0 Å². The van der Waals surface area contributed by atoms with Crippen molar-refractivity contribution in [1.29, 1.82) is 0 Å². The van der Waals surface area contributed by atoms with Crippen molar-refractivity contribution in [2.45, 2.75) is 39.3 Å². The van der Waals surface area contributed by atoms with E-state index in [0.717, 1.165) is 51.6 Å². The molecule has 1 aromatic heterocycles. The van der Waals surface area contributed by atoms with Gasteiger partial charge in [0, 0.05) is 49.9 Å². The molecule has 0 amide bonds. The number of unbranched alkanes of at least 4 members (excludes halogenated alkanes) is 1. The summed E-state index contributed by atoms with van der Waals surface area (Å²) in [6, 6.07) is 13.7. The smallest absolute Gasteiger partial charge is 0.369 e. The van der Waals surface area contributed by atoms with E-state index in [4.69, 9.17) is 4.52 Å². The standard InChI is InChI=1S/C26H30F3N3O/c1-19-10-11-25(20(2)17-19)32-15-13-31(14-16-32)12-6-5-7-21-18-24(30-33-21)22-8-3-4-9-23(22)26(27,28)29/h3-4,8-11,17-18H,5-7,12-16H2,1-2H3. The molecule has 0 aliphatic carbocycles. The van der Waals surface area contributed by atoms with Gasteiger partial charge >= 0.3 is 6.18 Å². The Labute approximate surface area is 193 Å². The molecule has 2 aromatic carbocycles. The summed E-state index contributed by atoms with van der Waals surface area (Å²) >= 11 is 0. The summed E-state index contributed by atoms with van der Waals surface area (Å²) in [7, 11) is 0. The summed E-state index contributed by atoms with van der Waals surface area (Å²) < 4.78 is 45.1. The van der Waals surface area contributed by atoms with Gasteiger partial charge in [-0.3, -0.25) is 4.90 Å². The Balaban J connectivity index is 1.23. The number of benzene rings is 2. The van der Waals surface area contributed by atoms with Gasteiger partial charge in [0.1, 0.15) is 11.5 Å². The van der Waals surface area contributed by atoms with Gasteiger partial charge in [0.2, 0.25) is 0 Å². The number of halogens is 3. The second-order valence-electron chi connectivity index (χ2n) is 8.80. The summed E-state index contributed by atoms with van der Waals surface area (Å²) in [4.78, 5) is 4.94. The first-order valence-electron chi connectivity index (χ1n) is 11.5. The molecule has 3 aromatic rings. The fourth-order valence-electron chi connectivity index (χ4n) is 4.52. The molecule has 0 radical (unpaired) electrons. The number of rotatable bonds is 7. The van der Waals surface area contributed by atoms with Gasteiger partial charge in [-0.1, -0.05) is 41.1 Å². The highest BCUT2D eigenvalue weighted by Crippen LogP contribution is 2.36. The molecule has 2 heterocycles. The molecule has 0 spiro atoms. The van der Waals surface area contributed by atoms with Crippen molar-refractivity contribution in [2.24, 2.45) is 0 Å². The first kappa shape index (κ1) is 23.4. The molecule has 1 fully saturated rings. The van der Waals surface area contributed by atoms with Crippen molar-refractivity contribution in [3.8, 4) is 11.3 Å². The fraction of sp³-hybridized carbons (Fsp3) is 0.423. The van der Waals surface area contributed by atoms with Crippen molar-refractivity contribution >= 4 is 5.69 Å². The van der Waals surface area contributed by atoms with Gasteiger partial charge in [-0.25, -0.2) is 0 Å². The van der Waals surface area contributed by atoms with Crippen molar-refractivity contribution in [3.63, 3.8) is 0 Å². The van der Waals surface area contributed by atoms with Gasteiger partial charge in [-0.2, -0.15) is 13.2 Å². The largest absolute Gasteiger partial charge is 0.417 e. The quantitative estimate of drug-likeness (QED) is 0.400. The number of aromatic nitrogens is 1. The fourth-order valence-corrected chi connectivity index (χ4v) is 4.52. The average Bonchev–Trinajstić information content (AvgIpc) is 3.26. The van der Waals surface area contributed by atoms with E-state index in [2.05, 4.69) is 47.0 Å².